The molecule has 0 aromatic carbocycles. The van der Waals surface area contributed by atoms with Gasteiger partial charge in [-0.25, -0.2) is 4.79 Å². The number of furan rings is 1. The van der Waals surface area contributed by atoms with E-state index in [9.17, 15) is 4.79 Å². The van der Waals surface area contributed by atoms with Gasteiger partial charge in [0, 0.05) is 13.7 Å². The first-order valence-electron chi connectivity index (χ1n) is 4.75. The van der Waals surface area contributed by atoms with E-state index in [-0.39, 0.29) is 5.56 Å². The highest BCUT2D eigenvalue weighted by molar-refractivity contribution is 5.88. The second-order valence-corrected chi connectivity index (χ2v) is 3.09. The number of methoxy groups -OCH3 is 1. The Labute approximate surface area is 88.0 Å². The first kappa shape index (κ1) is 11.7. The fourth-order valence-corrected chi connectivity index (χ4v) is 1.21. The van der Waals surface area contributed by atoms with E-state index in [2.05, 4.69) is 5.32 Å². The molecular formula is C10H15NO4. The molecule has 0 aliphatic rings. The maximum atomic E-state index is 10.7. The smallest absolute Gasteiger partial charge is 0.339 e. The third-order valence-electron chi connectivity index (χ3n) is 1.96. The van der Waals surface area contributed by atoms with Crippen molar-refractivity contribution < 1.29 is 19.1 Å². The molecule has 15 heavy (non-hydrogen) atoms. The molecule has 0 radical (unpaired) electrons. The highest BCUT2D eigenvalue weighted by Crippen LogP contribution is 2.09. The highest BCUT2D eigenvalue weighted by Gasteiger charge is 2.11. The average Bonchev–Trinajstić information content (AvgIpc) is 2.66. The number of nitrogens with one attached hydrogen (secondary N) is 1. The molecule has 5 heteroatoms. The standard InChI is InChI=1S/C10H15NO4/c1-14-5-2-4-11-7-9-8(10(12)13)3-6-15-9/h3,6,11H,2,4-5,7H2,1H3,(H,12,13). The predicted octanol–water partition coefficient (Wildman–Crippen LogP) is 1.10. The Morgan fingerprint density at radius 1 is 1.67 bits per heavy atom. The second-order valence-electron chi connectivity index (χ2n) is 3.09. The van der Waals surface area contributed by atoms with Gasteiger partial charge in [0.05, 0.1) is 12.8 Å². The number of carboxylic acids is 1. The van der Waals surface area contributed by atoms with Crippen LogP contribution in [-0.2, 0) is 11.3 Å². The van der Waals surface area contributed by atoms with Crippen molar-refractivity contribution in [2.45, 2.75) is 13.0 Å². The number of rotatable bonds is 7. The molecule has 0 spiro atoms. The molecule has 0 fully saturated rings. The Hall–Kier alpha value is -1.33. The van der Waals surface area contributed by atoms with E-state index in [0.29, 0.717) is 18.9 Å². The van der Waals surface area contributed by atoms with Crippen molar-refractivity contribution in [3.8, 4) is 0 Å². The highest BCUT2D eigenvalue weighted by atomic mass is 16.5. The summed E-state index contributed by atoms with van der Waals surface area (Å²) in [7, 11) is 1.65. The van der Waals surface area contributed by atoms with E-state index in [0.717, 1.165) is 13.0 Å². The van der Waals surface area contributed by atoms with Crippen LogP contribution in [0.25, 0.3) is 0 Å². The first-order valence-corrected chi connectivity index (χ1v) is 4.75. The molecule has 0 atom stereocenters. The van der Waals surface area contributed by atoms with Crippen molar-refractivity contribution in [3.63, 3.8) is 0 Å². The van der Waals surface area contributed by atoms with Gasteiger partial charge in [0.25, 0.3) is 0 Å². The molecule has 1 rings (SSSR count). The summed E-state index contributed by atoms with van der Waals surface area (Å²) in [5.41, 5.74) is 0.217. The minimum Gasteiger partial charge on any atom is -0.478 e. The quantitative estimate of drug-likeness (QED) is 0.664. The van der Waals surface area contributed by atoms with Gasteiger partial charge >= 0.3 is 5.97 Å². The Kier molecular flexibility index (Phi) is 4.86. The average molecular weight is 213 g/mol. The van der Waals surface area contributed by atoms with Gasteiger partial charge in [0.1, 0.15) is 11.3 Å². The molecule has 0 unspecified atom stereocenters. The van der Waals surface area contributed by atoms with Crippen LogP contribution in [0.3, 0.4) is 0 Å². The van der Waals surface area contributed by atoms with Gasteiger partial charge in [-0.2, -0.15) is 0 Å². The molecule has 1 aromatic rings. The SMILES string of the molecule is COCCCNCc1occc1C(=O)O. The summed E-state index contributed by atoms with van der Waals surface area (Å²) in [4.78, 5) is 10.7. The van der Waals surface area contributed by atoms with Crippen molar-refractivity contribution in [1.29, 1.82) is 0 Å². The van der Waals surface area contributed by atoms with E-state index in [1.807, 2.05) is 0 Å². The van der Waals surface area contributed by atoms with E-state index in [4.69, 9.17) is 14.3 Å². The molecule has 1 aromatic heterocycles. The van der Waals surface area contributed by atoms with E-state index >= 15 is 0 Å². The van der Waals surface area contributed by atoms with Gasteiger partial charge in [-0.1, -0.05) is 0 Å². The number of hydrogen-bond donors (Lipinski definition) is 2. The van der Waals surface area contributed by atoms with Crippen LogP contribution in [0.2, 0.25) is 0 Å². The van der Waals surface area contributed by atoms with Crippen LogP contribution in [0, 0.1) is 0 Å². The number of ether oxygens (including phenoxy) is 1. The Balaban J connectivity index is 2.31. The van der Waals surface area contributed by atoms with E-state index in [1.165, 1.54) is 12.3 Å². The summed E-state index contributed by atoms with van der Waals surface area (Å²) < 4.78 is 9.94. The van der Waals surface area contributed by atoms with Crippen molar-refractivity contribution in [2.24, 2.45) is 0 Å². The molecule has 0 aliphatic heterocycles. The number of aromatic carboxylic acids is 1. The normalized spacial score (nSPS) is 10.5. The van der Waals surface area contributed by atoms with Crippen molar-refractivity contribution in [1.82, 2.24) is 5.32 Å². The van der Waals surface area contributed by atoms with Gasteiger partial charge in [-0.3, -0.25) is 0 Å². The molecule has 2 N–H and O–H groups in total. The molecule has 0 saturated heterocycles. The lowest BCUT2D eigenvalue weighted by Gasteiger charge is -2.02. The van der Waals surface area contributed by atoms with Gasteiger partial charge in [0.15, 0.2) is 0 Å². The Bertz CT molecular complexity index is 308. The van der Waals surface area contributed by atoms with Gasteiger partial charge in [0.2, 0.25) is 0 Å². The van der Waals surface area contributed by atoms with Crippen LogP contribution in [0.5, 0.6) is 0 Å². The molecule has 0 aliphatic carbocycles. The van der Waals surface area contributed by atoms with Crippen LogP contribution in [-0.4, -0.2) is 31.3 Å². The van der Waals surface area contributed by atoms with Crippen molar-refractivity contribution >= 4 is 5.97 Å². The minimum absolute atomic E-state index is 0.217. The zero-order valence-corrected chi connectivity index (χ0v) is 8.66. The summed E-state index contributed by atoms with van der Waals surface area (Å²) in [5, 5.41) is 11.9. The van der Waals surface area contributed by atoms with Crippen LogP contribution < -0.4 is 5.32 Å². The molecule has 1 heterocycles. The minimum atomic E-state index is -0.961. The third-order valence-corrected chi connectivity index (χ3v) is 1.96. The largest absolute Gasteiger partial charge is 0.478 e. The maximum Gasteiger partial charge on any atom is 0.339 e. The fourth-order valence-electron chi connectivity index (χ4n) is 1.21. The Morgan fingerprint density at radius 3 is 3.13 bits per heavy atom. The number of carboxylic acid groups (broad SMARTS) is 1. The summed E-state index contributed by atoms with van der Waals surface area (Å²) in [6.45, 7) is 1.89. The van der Waals surface area contributed by atoms with Crippen LogP contribution in [0.15, 0.2) is 16.7 Å². The zero-order valence-electron chi connectivity index (χ0n) is 8.66. The van der Waals surface area contributed by atoms with Crippen LogP contribution >= 0.6 is 0 Å². The van der Waals surface area contributed by atoms with Gasteiger partial charge in [-0.15, -0.1) is 0 Å². The lowest BCUT2D eigenvalue weighted by Crippen LogP contribution is -2.17. The topological polar surface area (TPSA) is 71.7 Å². The van der Waals surface area contributed by atoms with Crippen LogP contribution in [0.4, 0.5) is 0 Å². The summed E-state index contributed by atoms with van der Waals surface area (Å²) in [6.07, 6.45) is 2.27. The lowest BCUT2D eigenvalue weighted by molar-refractivity contribution is 0.0694. The van der Waals surface area contributed by atoms with E-state index in [1.54, 1.807) is 7.11 Å². The summed E-state index contributed by atoms with van der Waals surface area (Å²) in [6, 6.07) is 1.45. The summed E-state index contributed by atoms with van der Waals surface area (Å²) in [5.74, 6) is -0.502. The lowest BCUT2D eigenvalue weighted by atomic mass is 10.2. The zero-order chi connectivity index (χ0) is 11.1. The maximum absolute atomic E-state index is 10.7. The van der Waals surface area contributed by atoms with Crippen LogP contribution in [0.1, 0.15) is 22.5 Å². The van der Waals surface area contributed by atoms with Crippen molar-refractivity contribution in [2.75, 3.05) is 20.3 Å². The molecule has 0 bridgehead atoms. The second kappa shape index (κ2) is 6.21. The molecular weight excluding hydrogens is 198 g/mol. The van der Waals surface area contributed by atoms with Gasteiger partial charge in [-0.05, 0) is 19.0 Å². The third kappa shape index (κ3) is 3.73. The monoisotopic (exact) mass is 213 g/mol. The van der Waals surface area contributed by atoms with E-state index < -0.39 is 5.97 Å². The van der Waals surface area contributed by atoms with Crippen molar-refractivity contribution in [3.05, 3.63) is 23.7 Å². The predicted molar refractivity (Wildman–Crippen MR) is 53.9 cm³/mol. The molecule has 5 nitrogen and oxygen atoms in total. The van der Waals surface area contributed by atoms with Gasteiger partial charge < -0.3 is 19.6 Å². The number of carbonyl (C=O) groups is 1. The summed E-state index contributed by atoms with van der Waals surface area (Å²) >= 11 is 0. The first-order chi connectivity index (χ1) is 7.25. The molecule has 0 saturated carbocycles. The fraction of sp³-hybridized carbons (Fsp3) is 0.500. The Morgan fingerprint density at radius 2 is 2.47 bits per heavy atom. The number of hydrogen-bond acceptors (Lipinski definition) is 4. The molecule has 84 valence electrons. The molecule has 0 amide bonds.